The molecule has 1 amide bonds. The molecule has 112 valence electrons. The summed E-state index contributed by atoms with van der Waals surface area (Å²) in [4.78, 5) is 24.6. The largest absolute Gasteiger partial charge is 0.469 e. The Morgan fingerprint density at radius 3 is 2.42 bits per heavy atom. The van der Waals surface area contributed by atoms with E-state index in [4.69, 9.17) is 5.73 Å². The highest BCUT2D eigenvalue weighted by Crippen LogP contribution is 2.15. The zero-order valence-electron chi connectivity index (χ0n) is 12.6. The third kappa shape index (κ3) is 8.59. The number of rotatable bonds is 9. The van der Waals surface area contributed by atoms with Crippen molar-refractivity contribution in [3.05, 3.63) is 0 Å². The van der Waals surface area contributed by atoms with E-state index in [0.717, 1.165) is 6.42 Å². The summed E-state index contributed by atoms with van der Waals surface area (Å²) in [6.45, 7) is 5.38. The fourth-order valence-electron chi connectivity index (χ4n) is 2.02. The van der Waals surface area contributed by atoms with Crippen molar-refractivity contribution in [2.75, 3.05) is 27.2 Å². The summed E-state index contributed by atoms with van der Waals surface area (Å²) in [6.07, 6.45) is 2.44. The van der Waals surface area contributed by atoms with Gasteiger partial charge in [-0.25, -0.2) is 0 Å². The van der Waals surface area contributed by atoms with Crippen LogP contribution in [0.5, 0.6) is 0 Å². The van der Waals surface area contributed by atoms with Crippen molar-refractivity contribution in [1.82, 2.24) is 4.90 Å². The number of nitrogens with zero attached hydrogens (tertiary/aromatic N) is 1. The van der Waals surface area contributed by atoms with E-state index in [-0.39, 0.29) is 17.8 Å². The highest BCUT2D eigenvalue weighted by atomic mass is 16.5. The van der Waals surface area contributed by atoms with Crippen LogP contribution in [0, 0.1) is 11.8 Å². The molecule has 5 heteroatoms. The zero-order chi connectivity index (χ0) is 14.8. The maximum Gasteiger partial charge on any atom is 0.305 e. The third-order valence-electron chi connectivity index (χ3n) is 3.13. The minimum absolute atomic E-state index is 0.0981. The Bertz CT molecular complexity index is 280. The molecule has 0 saturated carbocycles. The minimum atomic E-state index is -0.236. The molecule has 1 atom stereocenters. The molecule has 0 aliphatic rings. The van der Waals surface area contributed by atoms with E-state index < -0.39 is 0 Å². The van der Waals surface area contributed by atoms with Gasteiger partial charge in [0.15, 0.2) is 0 Å². The van der Waals surface area contributed by atoms with Crippen molar-refractivity contribution in [3.63, 3.8) is 0 Å². The Morgan fingerprint density at radius 1 is 1.32 bits per heavy atom. The summed E-state index contributed by atoms with van der Waals surface area (Å²) in [5.74, 6) is 0.656. The maximum absolute atomic E-state index is 12.0. The lowest BCUT2D eigenvalue weighted by Crippen LogP contribution is -2.31. The van der Waals surface area contributed by atoms with Crippen molar-refractivity contribution in [2.24, 2.45) is 17.6 Å². The molecule has 0 heterocycles. The zero-order valence-corrected chi connectivity index (χ0v) is 12.6. The number of ether oxygens (including phenoxy) is 1. The van der Waals surface area contributed by atoms with Gasteiger partial charge in [0, 0.05) is 26.4 Å². The average molecular weight is 272 g/mol. The number of hydrogen-bond donors (Lipinski definition) is 1. The van der Waals surface area contributed by atoms with Crippen molar-refractivity contribution < 1.29 is 14.3 Å². The first-order chi connectivity index (χ1) is 8.90. The van der Waals surface area contributed by atoms with E-state index >= 15 is 0 Å². The molecule has 0 aromatic rings. The van der Waals surface area contributed by atoms with Crippen molar-refractivity contribution in [3.8, 4) is 0 Å². The number of carbonyl (C=O) groups is 2. The highest BCUT2D eigenvalue weighted by molar-refractivity contribution is 5.76. The monoisotopic (exact) mass is 272 g/mol. The predicted octanol–water partition coefficient (Wildman–Crippen LogP) is 1.41. The van der Waals surface area contributed by atoms with Gasteiger partial charge >= 0.3 is 5.97 Å². The second-order valence-electron chi connectivity index (χ2n) is 5.43. The van der Waals surface area contributed by atoms with Gasteiger partial charge in [-0.3, -0.25) is 9.59 Å². The SMILES string of the molecule is COC(=O)CCCN(C)C(=O)CC(CN)CC(C)C. The van der Waals surface area contributed by atoms with Gasteiger partial charge in [-0.15, -0.1) is 0 Å². The lowest BCUT2D eigenvalue weighted by atomic mass is 9.94. The number of hydrogen-bond acceptors (Lipinski definition) is 4. The Labute approximate surface area is 116 Å². The molecule has 0 aliphatic carbocycles. The van der Waals surface area contributed by atoms with E-state index in [9.17, 15) is 9.59 Å². The van der Waals surface area contributed by atoms with Crippen LogP contribution in [0.15, 0.2) is 0 Å². The normalized spacial score (nSPS) is 12.3. The predicted molar refractivity (Wildman–Crippen MR) is 75.5 cm³/mol. The fraction of sp³-hybridized carbons (Fsp3) is 0.857. The molecule has 0 bridgehead atoms. The molecule has 0 rings (SSSR count). The number of amides is 1. The minimum Gasteiger partial charge on any atom is -0.469 e. The lowest BCUT2D eigenvalue weighted by molar-refractivity contribution is -0.141. The molecule has 0 fully saturated rings. The molecule has 0 radical (unpaired) electrons. The number of esters is 1. The molecular weight excluding hydrogens is 244 g/mol. The maximum atomic E-state index is 12.0. The standard InChI is InChI=1S/C14H28N2O3/c1-11(2)8-12(10-15)9-13(17)16(3)7-5-6-14(18)19-4/h11-12H,5-10,15H2,1-4H3. The van der Waals surface area contributed by atoms with Crippen LogP contribution in [-0.2, 0) is 14.3 Å². The molecule has 19 heavy (non-hydrogen) atoms. The Morgan fingerprint density at radius 2 is 1.95 bits per heavy atom. The van der Waals surface area contributed by atoms with E-state index in [2.05, 4.69) is 18.6 Å². The number of nitrogens with two attached hydrogens (primary N) is 1. The average Bonchev–Trinajstić information content (AvgIpc) is 2.36. The van der Waals surface area contributed by atoms with Gasteiger partial charge in [0.25, 0.3) is 0 Å². The van der Waals surface area contributed by atoms with Crippen molar-refractivity contribution in [1.29, 1.82) is 0 Å². The molecule has 0 spiro atoms. The van der Waals surface area contributed by atoms with Crippen LogP contribution in [0.25, 0.3) is 0 Å². The first-order valence-electron chi connectivity index (χ1n) is 6.91. The van der Waals surface area contributed by atoms with E-state index in [0.29, 0.717) is 38.3 Å². The molecule has 0 aromatic heterocycles. The van der Waals surface area contributed by atoms with Crippen LogP contribution in [-0.4, -0.2) is 44.0 Å². The third-order valence-corrected chi connectivity index (χ3v) is 3.13. The first-order valence-corrected chi connectivity index (χ1v) is 6.91. The fourth-order valence-corrected chi connectivity index (χ4v) is 2.02. The van der Waals surface area contributed by atoms with Crippen molar-refractivity contribution >= 4 is 11.9 Å². The molecule has 1 unspecified atom stereocenters. The second-order valence-corrected chi connectivity index (χ2v) is 5.43. The lowest BCUT2D eigenvalue weighted by Gasteiger charge is -2.21. The van der Waals surface area contributed by atoms with E-state index in [1.54, 1.807) is 11.9 Å². The van der Waals surface area contributed by atoms with Crippen LogP contribution in [0.1, 0.15) is 39.5 Å². The molecular formula is C14H28N2O3. The quantitative estimate of drug-likeness (QED) is 0.644. The van der Waals surface area contributed by atoms with Gasteiger partial charge in [0.2, 0.25) is 5.91 Å². The van der Waals surface area contributed by atoms with Crippen molar-refractivity contribution in [2.45, 2.75) is 39.5 Å². The molecule has 5 nitrogen and oxygen atoms in total. The Balaban J connectivity index is 4.00. The summed E-state index contributed by atoms with van der Waals surface area (Å²) in [6, 6.07) is 0. The second kappa shape index (κ2) is 9.78. The number of carbonyl (C=O) groups excluding carboxylic acids is 2. The van der Waals surface area contributed by atoms with Gasteiger partial charge in [0.1, 0.15) is 0 Å². The van der Waals surface area contributed by atoms with Crippen LogP contribution in [0.3, 0.4) is 0 Å². The van der Waals surface area contributed by atoms with Gasteiger partial charge in [-0.2, -0.15) is 0 Å². The molecule has 0 aliphatic heterocycles. The highest BCUT2D eigenvalue weighted by Gasteiger charge is 2.17. The smallest absolute Gasteiger partial charge is 0.305 e. The van der Waals surface area contributed by atoms with Crippen LogP contribution < -0.4 is 5.73 Å². The topological polar surface area (TPSA) is 72.6 Å². The van der Waals surface area contributed by atoms with Crippen LogP contribution in [0.2, 0.25) is 0 Å². The van der Waals surface area contributed by atoms with E-state index in [1.165, 1.54) is 7.11 Å². The summed E-state index contributed by atoms with van der Waals surface area (Å²) in [5.41, 5.74) is 5.70. The Hall–Kier alpha value is -1.10. The molecule has 0 saturated heterocycles. The van der Waals surface area contributed by atoms with Gasteiger partial charge in [-0.05, 0) is 31.2 Å². The van der Waals surface area contributed by atoms with E-state index in [1.807, 2.05) is 0 Å². The summed E-state index contributed by atoms with van der Waals surface area (Å²) >= 11 is 0. The number of methoxy groups -OCH3 is 1. The van der Waals surface area contributed by atoms with Crippen LogP contribution in [0.4, 0.5) is 0 Å². The van der Waals surface area contributed by atoms with Gasteiger partial charge in [-0.1, -0.05) is 13.8 Å². The first kappa shape index (κ1) is 17.9. The molecule has 2 N–H and O–H groups in total. The van der Waals surface area contributed by atoms with Crippen LogP contribution >= 0.6 is 0 Å². The Kier molecular flexibility index (Phi) is 9.21. The van der Waals surface area contributed by atoms with Gasteiger partial charge in [0.05, 0.1) is 7.11 Å². The van der Waals surface area contributed by atoms with Gasteiger partial charge < -0.3 is 15.4 Å². The summed E-state index contributed by atoms with van der Waals surface area (Å²) in [5, 5.41) is 0. The summed E-state index contributed by atoms with van der Waals surface area (Å²) < 4.78 is 4.56. The summed E-state index contributed by atoms with van der Waals surface area (Å²) in [7, 11) is 3.14. The molecule has 0 aromatic carbocycles.